The van der Waals surface area contributed by atoms with Crippen molar-refractivity contribution in [1.82, 2.24) is 5.32 Å². The lowest BCUT2D eigenvalue weighted by atomic mass is 9.80. The van der Waals surface area contributed by atoms with Crippen LogP contribution in [0.4, 0.5) is 0 Å². The molecule has 0 saturated carbocycles. The van der Waals surface area contributed by atoms with Crippen LogP contribution >= 0.6 is 0 Å². The van der Waals surface area contributed by atoms with Gasteiger partial charge in [0, 0.05) is 13.1 Å². The van der Waals surface area contributed by atoms with Gasteiger partial charge in [-0.05, 0) is 11.8 Å². The molecular weight excluding hydrogens is 258 g/mol. The first kappa shape index (κ1) is 19.0. The molecule has 0 aromatic rings. The fraction of sp³-hybridized carbons (Fsp3) is 1.00. The van der Waals surface area contributed by atoms with Crippen molar-refractivity contribution in [1.29, 1.82) is 0 Å². The van der Waals surface area contributed by atoms with Crippen molar-refractivity contribution in [3.05, 3.63) is 0 Å². The van der Waals surface area contributed by atoms with E-state index < -0.39 is 0 Å². The molecule has 0 aliphatic carbocycles. The zero-order valence-electron chi connectivity index (χ0n) is 14.9. The van der Waals surface area contributed by atoms with Crippen LogP contribution in [-0.4, -0.2) is 25.8 Å². The predicted molar refractivity (Wildman–Crippen MR) is 92.9 cm³/mol. The molecule has 1 aliphatic rings. The summed E-state index contributed by atoms with van der Waals surface area (Å²) in [6.07, 6.45) is 15.9. The van der Waals surface area contributed by atoms with E-state index in [2.05, 4.69) is 26.1 Å². The molecule has 126 valence electrons. The first-order valence-electron chi connectivity index (χ1n) is 9.49. The summed E-state index contributed by atoms with van der Waals surface area (Å²) < 4.78 is 5.92. The fourth-order valence-electron chi connectivity index (χ4n) is 3.30. The second-order valence-corrected chi connectivity index (χ2v) is 7.48. The van der Waals surface area contributed by atoms with E-state index in [1.54, 1.807) is 0 Å². The van der Waals surface area contributed by atoms with Gasteiger partial charge in [-0.25, -0.2) is 0 Å². The van der Waals surface area contributed by atoms with Gasteiger partial charge in [0.1, 0.15) is 0 Å². The Morgan fingerprint density at radius 3 is 2.00 bits per heavy atom. The zero-order valence-corrected chi connectivity index (χ0v) is 14.9. The molecule has 0 amide bonds. The van der Waals surface area contributed by atoms with Crippen molar-refractivity contribution in [2.45, 2.75) is 97.5 Å². The van der Waals surface area contributed by atoms with Gasteiger partial charge in [-0.3, -0.25) is 0 Å². The number of ether oxygens (including phenoxy) is 1. The molecule has 0 aromatic carbocycles. The van der Waals surface area contributed by atoms with E-state index in [-0.39, 0.29) is 0 Å². The zero-order chi connectivity index (χ0) is 15.4. The minimum atomic E-state index is 0.327. The number of unbranched alkanes of at least 4 members (excludes halogenated alkanes) is 9. The monoisotopic (exact) mass is 297 g/mol. The van der Waals surface area contributed by atoms with Gasteiger partial charge < -0.3 is 10.1 Å². The van der Waals surface area contributed by atoms with Gasteiger partial charge in [0.15, 0.2) is 0 Å². The highest BCUT2D eigenvalue weighted by atomic mass is 16.5. The quantitative estimate of drug-likeness (QED) is 0.493. The Bertz CT molecular complexity index is 234. The molecule has 1 saturated heterocycles. The molecule has 1 aliphatic heterocycles. The topological polar surface area (TPSA) is 21.3 Å². The van der Waals surface area contributed by atoms with Gasteiger partial charge in [0.25, 0.3) is 0 Å². The molecule has 0 radical (unpaired) electrons. The van der Waals surface area contributed by atoms with E-state index in [4.69, 9.17) is 4.74 Å². The minimum absolute atomic E-state index is 0.327. The molecule has 0 aromatic heterocycles. The van der Waals surface area contributed by atoms with Crippen LogP contribution in [0.5, 0.6) is 0 Å². The molecule has 21 heavy (non-hydrogen) atoms. The van der Waals surface area contributed by atoms with Crippen LogP contribution in [-0.2, 0) is 4.74 Å². The summed E-state index contributed by atoms with van der Waals surface area (Å²) in [6.45, 7) is 9.97. The number of hydrogen-bond donors (Lipinski definition) is 1. The van der Waals surface area contributed by atoms with Crippen LogP contribution in [0.25, 0.3) is 0 Å². The Labute approximate surface area is 133 Å². The number of morpholine rings is 1. The van der Waals surface area contributed by atoms with E-state index in [1.807, 2.05) is 0 Å². The largest absolute Gasteiger partial charge is 0.375 e. The van der Waals surface area contributed by atoms with E-state index in [0.717, 1.165) is 19.7 Å². The average Bonchev–Trinajstić information content (AvgIpc) is 2.50. The molecule has 1 atom stereocenters. The van der Waals surface area contributed by atoms with Crippen molar-refractivity contribution in [3.8, 4) is 0 Å². The molecule has 0 bridgehead atoms. The Hall–Kier alpha value is -0.0800. The average molecular weight is 298 g/mol. The fourth-order valence-corrected chi connectivity index (χ4v) is 3.30. The summed E-state index contributed by atoms with van der Waals surface area (Å²) in [5, 5.41) is 3.46. The molecule has 1 N–H and O–H groups in total. The van der Waals surface area contributed by atoms with E-state index in [0.29, 0.717) is 11.5 Å². The maximum atomic E-state index is 5.92. The smallest absolute Gasteiger partial charge is 0.0750 e. The molecule has 2 heteroatoms. The SMILES string of the molecule is CCCCCCCCCCCCC(C)(C)C1CNCCO1. The number of rotatable bonds is 12. The Morgan fingerprint density at radius 2 is 1.48 bits per heavy atom. The Balaban J connectivity index is 1.93. The van der Waals surface area contributed by atoms with E-state index in [9.17, 15) is 0 Å². The lowest BCUT2D eigenvalue weighted by molar-refractivity contribution is -0.0475. The maximum absolute atomic E-state index is 5.92. The molecule has 1 fully saturated rings. The second-order valence-electron chi connectivity index (χ2n) is 7.48. The normalized spacial score (nSPS) is 19.9. The van der Waals surface area contributed by atoms with Crippen LogP contribution in [0, 0.1) is 5.41 Å². The highest BCUT2D eigenvalue weighted by molar-refractivity contribution is 4.83. The van der Waals surface area contributed by atoms with Crippen LogP contribution < -0.4 is 5.32 Å². The Kier molecular flexibility index (Phi) is 10.4. The van der Waals surface area contributed by atoms with Gasteiger partial charge in [-0.2, -0.15) is 0 Å². The standard InChI is InChI=1S/C19H39NO/c1-4-5-6-7-8-9-10-11-12-13-14-19(2,3)18-17-20-15-16-21-18/h18,20H,4-17H2,1-3H3. The van der Waals surface area contributed by atoms with Crippen molar-refractivity contribution < 1.29 is 4.74 Å². The van der Waals surface area contributed by atoms with E-state index >= 15 is 0 Å². The summed E-state index contributed by atoms with van der Waals surface area (Å²) in [7, 11) is 0. The predicted octanol–water partition coefficient (Wildman–Crippen LogP) is 5.31. The van der Waals surface area contributed by atoms with Crippen LogP contribution in [0.15, 0.2) is 0 Å². The van der Waals surface area contributed by atoms with Crippen molar-refractivity contribution in [2.75, 3.05) is 19.7 Å². The van der Waals surface area contributed by atoms with Gasteiger partial charge in [0.2, 0.25) is 0 Å². The molecular formula is C19H39NO. The third-order valence-electron chi connectivity index (χ3n) is 4.97. The molecule has 2 nitrogen and oxygen atoms in total. The lowest BCUT2D eigenvalue weighted by Gasteiger charge is -2.37. The third kappa shape index (κ3) is 8.83. The number of hydrogen-bond acceptors (Lipinski definition) is 2. The highest BCUT2D eigenvalue weighted by Crippen LogP contribution is 2.30. The maximum Gasteiger partial charge on any atom is 0.0750 e. The van der Waals surface area contributed by atoms with Gasteiger partial charge in [0.05, 0.1) is 12.7 Å². The van der Waals surface area contributed by atoms with Gasteiger partial charge in [-0.1, -0.05) is 85.0 Å². The van der Waals surface area contributed by atoms with Crippen LogP contribution in [0.2, 0.25) is 0 Å². The second kappa shape index (κ2) is 11.5. The third-order valence-corrected chi connectivity index (χ3v) is 4.97. The van der Waals surface area contributed by atoms with Gasteiger partial charge in [-0.15, -0.1) is 0 Å². The van der Waals surface area contributed by atoms with Crippen molar-refractivity contribution in [2.24, 2.45) is 5.41 Å². The molecule has 1 heterocycles. The highest BCUT2D eigenvalue weighted by Gasteiger charge is 2.30. The van der Waals surface area contributed by atoms with E-state index in [1.165, 1.54) is 70.6 Å². The lowest BCUT2D eigenvalue weighted by Crippen LogP contribution is -2.46. The first-order valence-corrected chi connectivity index (χ1v) is 9.49. The van der Waals surface area contributed by atoms with Gasteiger partial charge >= 0.3 is 0 Å². The molecule has 0 spiro atoms. The van der Waals surface area contributed by atoms with Crippen molar-refractivity contribution in [3.63, 3.8) is 0 Å². The summed E-state index contributed by atoms with van der Waals surface area (Å²) in [5.74, 6) is 0. The number of nitrogens with one attached hydrogen (secondary N) is 1. The Morgan fingerprint density at radius 1 is 0.905 bits per heavy atom. The van der Waals surface area contributed by atoms with Crippen LogP contribution in [0.3, 0.4) is 0 Å². The molecule has 1 unspecified atom stereocenters. The van der Waals surface area contributed by atoms with Crippen molar-refractivity contribution >= 4 is 0 Å². The molecule has 1 rings (SSSR count). The summed E-state index contributed by atoms with van der Waals surface area (Å²) >= 11 is 0. The summed E-state index contributed by atoms with van der Waals surface area (Å²) in [6, 6.07) is 0. The van der Waals surface area contributed by atoms with Crippen LogP contribution in [0.1, 0.15) is 91.4 Å². The summed E-state index contributed by atoms with van der Waals surface area (Å²) in [5.41, 5.74) is 0.327. The minimum Gasteiger partial charge on any atom is -0.375 e. The first-order chi connectivity index (χ1) is 10.2. The summed E-state index contributed by atoms with van der Waals surface area (Å²) in [4.78, 5) is 0.